The van der Waals surface area contributed by atoms with Crippen LogP contribution in [0.1, 0.15) is 17.2 Å². The third-order valence-electron chi connectivity index (χ3n) is 5.96. The van der Waals surface area contributed by atoms with E-state index in [0.29, 0.717) is 22.0 Å². The number of pyridine rings is 1. The maximum atomic E-state index is 13.4. The van der Waals surface area contributed by atoms with Crippen LogP contribution in [-0.4, -0.2) is 30.9 Å². The molecule has 4 rings (SSSR count). The second-order valence-corrected chi connectivity index (χ2v) is 9.67. The fraction of sp³-hybridized carbons (Fsp3) is 0.167. The van der Waals surface area contributed by atoms with Crippen molar-refractivity contribution in [3.63, 3.8) is 0 Å². The van der Waals surface area contributed by atoms with Crippen molar-refractivity contribution in [1.82, 2.24) is 10.2 Å². The lowest BCUT2D eigenvalue weighted by Crippen LogP contribution is -2.42. The summed E-state index contributed by atoms with van der Waals surface area (Å²) < 4.78 is 2.16. The first kappa shape index (κ1) is 26.9. The lowest BCUT2D eigenvalue weighted by atomic mass is 10.0. The normalized spacial score (nSPS) is 11.6. The first-order valence-electron chi connectivity index (χ1n) is 12.2. The predicted octanol–water partition coefficient (Wildman–Crippen LogP) is 5.62. The molecule has 1 aromatic heterocycles. The number of nitrogens with one attached hydrogen (secondary N) is 3. The Labute approximate surface area is 228 Å². The van der Waals surface area contributed by atoms with Gasteiger partial charge < -0.3 is 16.0 Å². The minimum absolute atomic E-state index is 0.347. The zero-order valence-corrected chi connectivity index (χ0v) is 22.4. The number of hydrogen-bond acceptors (Lipinski definition) is 3. The van der Waals surface area contributed by atoms with Gasteiger partial charge in [0.2, 0.25) is 12.4 Å². The molecule has 3 aromatic carbocycles. The Hall–Kier alpha value is -4.20. The van der Waals surface area contributed by atoms with Crippen LogP contribution in [0.3, 0.4) is 0 Å². The van der Waals surface area contributed by atoms with E-state index < -0.39 is 12.1 Å². The standard InChI is InChI=1S/C30H30ClN5O2/c1-21-8-4-5-9-26(21)28(34-30(38)33-25-17-13-23(31)14-18-25)29(37)32-24-15-11-22(12-16-24)27-10-6-7-19-36(27)20-35(2)3/h4-19,28H,20H2,1-3H3,(H2,33,34,38)/p+1. The summed E-state index contributed by atoms with van der Waals surface area (Å²) in [6.07, 6.45) is 2.04. The molecule has 194 valence electrons. The highest BCUT2D eigenvalue weighted by molar-refractivity contribution is 6.30. The molecule has 4 aromatic rings. The Balaban J connectivity index is 1.52. The van der Waals surface area contributed by atoms with E-state index in [1.165, 1.54) is 0 Å². The third kappa shape index (κ3) is 6.97. The SMILES string of the molecule is Cc1ccccc1C(NC(=O)Nc1ccc(Cl)cc1)C(=O)Nc1ccc(-c2cccc[n+]2CN(C)C)cc1. The highest BCUT2D eigenvalue weighted by atomic mass is 35.5. The highest BCUT2D eigenvalue weighted by Crippen LogP contribution is 2.23. The Kier molecular flexibility index (Phi) is 8.73. The average Bonchev–Trinajstić information content (AvgIpc) is 2.90. The van der Waals surface area contributed by atoms with Crippen molar-refractivity contribution < 1.29 is 14.2 Å². The third-order valence-corrected chi connectivity index (χ3v) is 6.22. The number of aryl methyl sites for hydroxylation is 1. The minimum Gasteiger partial charge on any atom is -0.324 e. The van der Waals surface area contributed by atoms with E-state index in [-0.39, 0.29) is 5.91 Å². The molecular weight excluding hydrogens is 498 g/mol. The molecule has 0 bridgehead atoms. The molecule has 0 aliphatic rings. The smallest absolute Gasteiger partial charge is 0.320 e. The van der Waals surface area contributed by atoms with Gasteiger partial charge in [-0.05, 0) is 86.7 Å². The Morgan fingerprint density at radius 3 is 2.16 bits per heavy atom. The summed E-state index contributed by atoms with van der Waals surface area (Å²) in [4.78, 5) is 28.4. The van der Waals surface area contributed by atoms with Gasteiger partial charge in [0.1, 0.15) is 6.04 Å². The molecular formula is C30H31ClN5O2+. The fourth-order valence-electron chi connectivity index (χ4n) is 4.13. The summed E-state index contributed by atoms with van der Waals surface area (Å²) in [5, 5.41) is 9.10. The molecule has 1 heterocycles. The van der Waals surface area contributed by atoms with Crippen LogP contribution in [0.25, 0.3) is 11.3 Å². The number of halogens is 1. The van der Waals surface area contributed by atoms with Gasteiger partial charge in [0.05, 0.1) is 0 Å². The van der Waals surface area contributed by atoms with Crippen molar-refractivity contribution in [2.45, 2.75) is 19.6 Å². The number of urea groups is 1. The molecule has 8 heteroatoms. The van der Waals surface area contributed by atoms with E-state index in [1.54, 1.807) is 24.3 Å². The van der Waals surface area contributed by atoms with Gasteiger partial charge in [-0.15, -0.1) is 0 Å². The summed E-state index contributed by atoms with van der Waals surface area (Å²) >= 11 is 5.94. The highest BCUT2D eigenvalue weighted by Gasteiger charge is 2.25. The number of aromatic nitrogens is 1. The summed E-state index contributed by atoms with van der Waals surface area (Å²) in [6.45, 7) is 2.66. The Morgan fingerprint density at radius 1 is 0.842 bits per heavy atom. The Morgan fingerprint density at radius 2 is 1.47 bits per heavy atom. The molecule has 0 fully saturated rings. The minimum atomic E-state index is -0.903. The predicted molar refractivity (Wildman–Crippen MR) is 152 cm³/mol. The number of anilines is 2. The topological polar surface area (TPSA) is 77.3 Å². The van der Waals surface area contributed by atoms with E-state index in [9.17, 15) is 9.59 Å². The Bertz CT molecular complexity index is 1410. The van der Waals surface area contributed by atoms with Crippen LogP contribution < -0.4 is 20.5 Å². The van der Waals surface area contributed by atoms with Crippen LogP contribution in [0.2, 0.25) is 5.02 Å². The summed E-state index contributed by atoms with van der Waals surface area (Å²) in [5.41, 5.74) is 4.90. The van der Waals surface area contributed by atoms with E-state index in [2.05, 4.69) is 31.5 Å². The summed E-state index contributed by atoms with van der Waals surface area (Å²) in [6, 6.07) is 26.6. The number of benzene rings is 3. The summed E-state index contributed by atoms with van der Waals surface area (Å²) in [5.74, 6) is -0.347. The van der Waals surface area contributed by atoms with Gasteiger partial charge in [0.15, 0.2) is 6.20 Å². The molecule has 38 heavy (non-hydrogen) atoms. The van der Waals surface area contributed by atoms with Gasteiger partial charge in [-0.1, -0.05) is 35.9 Å². The molecule has 3 amide bonds. The molecule has 0 aliphatic carbocycles. The second kappa shape index (κ2) is 12.4. The number of nitrogens with zero attached hydrogens (tertiary/aromatic N) is 2. The lowest BCUT2D eigenvalue weighted by Gasteiger charge is -2.21. The van der Waals surface area contributed by atoms with Gasteiger partial charge >= 0.3 is 6.03 Å². The first-order valence-corrected chi connectivity index (χ1v) is 12.6. The van der Waals surface area contributed by atoms with Gasteiger partial charge in [0.25, 0.3) is 5.91 Å². The van der Waals surface area contributed by atoms with Crippen LogP contribution in [0.4, 0.5) is 16.2 Å². The molecule has 0 spiro atoms. The molecule has 0 saturated heterocycles. The second-order valence-electron chi connectivity index (χ2n) is 9.24. The molecule has 0 radical (unpaired) electrons. The van der Waals surface area contributed by atoms with E-state index >= 15 is 0 Å². The number of rotatable bonds is 8. The van der Waals surface area contributed by atoms with Crippen LogP contribution in [-0.2, 0) is 11.5 Å². The average molecular weight is 529 g/mol. The van der Waals surface area contributed by atoms with E-state index in [0.717, 1.165) is 23.5 Å². The summed E-state index contributed by atoms with van der Waals surface area (Å²) in [7, 11) is 4.05. The molecule has 0 saturated carbocycles. The molecule has 0 aliphatic heterocycles. The van der Waals surface area contributed by atoms with Gasteiger partial charge in [-0.3, -0.25) is 9.69 Å². The van der Waals surface area contributed by atoms with Gasteiger partial charge in [0, 0.05) is 34.1 Å². The molecule has 1 atom stereocenters. The monoisotopic (exact) mass is 528 g/mol. The zero-order chi connectivity index (χ0) is 27.1. The number of amides is 3. The maximum Gasteiger partial charge on any atom is 0.320 e. The van der Waals surface area contributed by atoms with Gasteiger partial charge in [-0.25, -0.2) is 4.79 Å². The number of carbonyl (C=O) groups excluding carboxylic acids is 2. The van der Waals surface area contributed by atoms with Crippen LogP contribution in [0.15, 0.2) is 97.2 Å². The number of hydrogen-bond donors (Lipinski definition) is 3. The quantitative estimate of drug-likeness (QED) is 0.260. The molecule has 3 N–H and O–H groups in total. The van der Waals surface area contributed by atoms with Crippen LogP contribution in [0, 0.1) is 6.92 Å². The lowest BCUT2D eigenvalue weighted by molar-refractivity contribution is -0.703. The van der Waals surface area contributed by atoms with Crippen molar-refractivity contribution in [1.29, 1.82) is 0 Å². The van der Waals surface area contributed by atoms with Crippen molar-refractivity contribution >= 4 is 34.9 Å². The first-order chi connectivity index (χ1) is 18.3. The van der Waals surface area contributed by atoms with E-state index in [4.69, 9.17) is 11.6 Å². The largest absolute Gasteiger partial charge is 0.324 e. The zero-order valence-electron chi connectivity index (χ0n) is 21.6. The van der Waals surface area contributed by atoms with Crippen molar-refractivity contribution in [2.75, 3.05) is 24.7 Å². The van der Waals surface area contributed by atoms with Crippen LogP contribution in [0.5, 0.6) is 0 Å². The maximum absolute atomic E-state index is 13.4. The van der Waals surface area contributed by atoms with E-state index in [1.807, 2.05) is 87.9 Å². The molecule has 7 nitrogen and oxygen atoms in total. The number of carbonyl (C=O) groups is 2. The van der Waals surface area contributed by atoms with Gasteiger partial charge in [-0.2, -0.15) is 4.57 Å². The van der Waals surface area contributed by atoms with Crippen molar-refractivity contribution in [2.24, 2.45) is 0 Å². The van der Waals surface area contributed by atoms with Crippen molar-refractivity contribution in [3.05, 3.63) is 113 Å². The fourth-order valence-corrected chi connectivity index (χ4v) is 4.26. The van der Waals surface area contributed by atoms with Crippen molar-refractivity contribution in [3.8, 4) is 11.3 Å². The molecule has 1 unspecified atom stereocenters. The van der Waals surface area contributed by atoms with Crippen LogP contribution >= 0.6 is 11.6 Å².